The third-order valence-corrected chi connectivity index (χ3v) is 12.9. The summed E-state index contributed by atoms with van der Waals surface area (Å²) in [5.74, 6) is -0.553. The predicted molar refractivity (Wildman–Crippen MR) is 197 cm³/mol. The molecule has 0 radical (unpaired) electrons. The number of sulfonamides is 1. The van der Waals surface area contributed by atoms with Crippen molar-refractivity contribution < 1.29 is 32.6 Å². The van der Waals surface area contributed by atoms with Crippen molar-refractivity contribution in [3.05, 3.63) is 59.6 Å². The summed E-state index contributed by atoms with van der Waals surface area (Å²) >= 11 is 1.13. The van der Waals surface area contributed by atoms with Gasteiger partial charge in [-0.15, -0.1) is 11.3 Å². The maximum absolute atomic E-state index is 14.1. The normalized spacial score (nSPS) is 20.0. The minimum atomic E-state index is -4.08. The van der Waals surface area contributed by atoms with Gasteiger partial charge in [0.25, 0.3) is 0 Å². The summed E-state index contributed by atoms with van der Waals surface area (Å²) in [5.41, 5.74) is 0.636. The highest BCUT2D eigenvalue weighted by molar-refractivity contribution is 7.89. The summed E-state index contributed by atoms with van der Waals surface area (Å²) in [6.45, 7) is 7.11. The number of hydrogen-bond acceptors (Lipinski definition) is 9. The van der Waals surface area contributed by atoms with Gasteiger partial charge in [-0.3, -0.25) is 4.79 Å². The topological polar surface area (TPSA) is 149 Å². The molecule has 12 nitrogen and oxygen atoms in total. The number of nitrogens with one attached hydrogen (secondary N) is 1. The molecule has 2 aromatic heterocycles. The van der Waals surface area contributed by atoms with E-state index in [1.165, 1.54) is 10.5 Å². The van der Waals surface area contributed by atoms with Crippen LogP contribution in [-0.2, 0) is 19.6 Å². The van der Waals surface area contributed by atoms with Crippen LogP contribution < -0.4 is 15.1 Å². The SMILES string of the molecule is CC(C)(C)OC(=O)NCC1CCN(c2ccc(S(=O)(=O)N3CC(=O)N(c4cc(-c5ccccc5)sc4C(=O)O)[C@H](C4CCCCC4)C3)cn2)CC1. The Labute approximate surface area is 303 Å². The number of rotatable bonds is 9. The predicted octanol–water partition coefficient (Wildman–Crippen LogP) is 6.24. The maximum atomic E-state index is 14.1. The van der Waals surface area contributed by atoms with E-state index in [1.807, 2.05) is 51.1 Å². The minimum absolute atomic E-state index is 0.0134. The zero-order chi connectivity index (χ0) is 36.3. The standard InChI is InChI=1S/C37H47N5O7S2/c1-37(2,3)49-36(46)39-21-25-16-18-40(19-17-25)32-15-14-28(22-38-32)51(47,48)41-23-30(26-10-6-4-7-11-26)42(33(43)24-41)29-20-31(50-34(29)35(44)45)27-12-8-5-9-13-27/h5,8-9,12-15,20,22,25-26,30H,4,6-7,10-11,16-19,21,23-24H2,1-3H3,(H,39,46)(H,44,45)/t30-/m0/s1. The molecule has 0 unspecified atom stereocenters. The van der Waals surface area contributed by atoms with Crippen LogP contribution in [0.4, 0.5) is 16.3 Å². The van der Waals surface area contributed by atoms with Gasteiger partial charge in [-0.1, -0.05) is 49.6 Å². The lowest BCUT2D eigenvalue weighted by atomic mass is 9.82. The van der Waals surface area contributed by atoms with Gasteiger partial charge in [0.05, 0.1) is 18.3 Å². The second-order valence-electron chi connectivity index (χ2n) is 14.7. The molecule has 1 atom stereocenters. The first-order valence-corrected chi connectivity index (χ1v) is 20.0. The van der Waals surface area contributed by atoms with E-state index in [4.69, 9.17) is 4.74 Å². The number of thiophene rings is 1. The summed E-state index contributed by atoms with van der Waals surface area (Å²) in [6.07, 6.45) is 7.32. The van der Waals surface area contributed by atoms with E-state index in [9.17, 15) is 27.9 Å². The molecule has 1 aliphatic carbocycles. The lowest BCUT2D eigenvalue weighted by Gasteiger charge is -2.44. The van der Waals surface area contributed by atoms with Gasteiger partial charge in [-0.25, -0.2) is 23.0 Å². The number of hydrogen-bond donors (Lipinski definition) is 2. The first-order valence-electron chi connectivity index (χ1n) is 17.7. The average molecular weight is 738 g/mol. The van der Waals surface area contributed by atoms with Crippen LogP contribution in [0.25, 0.3) is 10.4 Å². The van der Waals surface area contributed by atoms with Crippen LogP contribution in [0, 0.1) is 11.8 Å². The lowest BCUT2D eigenvalue weighted by molar-refractivity contribution is -0.121. The fourth-order valence-electron chi connectivity index (χ4n) is 7.37. The van der Waals surface area contributed by atoms with Crippen molar-refractivity contribution in [2.45, 2.75) is 82.3 Å². The molecule has 2 saturated heterocycles. The van der Waals surface area contributed by atoms with E-state index in [-0.39, 0.29) is 22.2 Å². The van der Waals surface area contributed by atoms with Gasteiger partial charge in [-0.05, 0) is 82.1 Å². The van der Waals surface area contributed by atoms with Gasteiger partial charge in [-0.2, -0.15) is 4.31 Å². The molecular formula is C37H47N5O7S2. The number of piperazine rings is 1. The van der Waals surface area contributed by atoms with E-state index >= 15 is 0 Å². The molecule has 51 heavy (non-hydrogen) atoms. The number of pyridine rings is 1. The largest absolute Gasteiger partial charge is 0.477 e. The van der Waals surface area contributed by atoms with Gasteiger partial charge < -0.3 is 25.0 Å². The Morgan fingerprint density at radius 2 is 1.73 bits per heavy atom. The van der Waals surface area contributed by atoms with Crippen molar-refractivity contribution in [3.8, 4) is 10.4 Å². The van der Waals surface area contributed by atoms with Crippen molar-refractivity contribution in [1.82, 2.24) is 14.6 Å². The first kappa shape index (κ1) is 36.8. The van der Waals surface area contributed by atoms with E-state index in [0.717, 1.165) is 66.7 Å². The number of ether oxygens (including phenoxy) is 1. The highest BCUT2D eigenvalue weighted by Crippen LogP contribution is 2.42. The van der Waals surface area contributed by atoms with Crippen LogP contribution in [0.2, 0.25) is 0 Å². The third-order valence-electron chi connectivity index (χ3n) is 9.95. The Bertz CT molecular complexity index is 1810. The number of carbonyl (C=O) groups excluding carboxylic acids is 2. The van der Waals surface area contributed by atoms with Gasteiger partial charge in [0.15, 0.2) is 0 Å². The zero-order valence-corrected chi connectivity index (χ0v) is 31.0. The van der Waals surface area contributed by atoms with E-state index in [1.54, 1.807) is 23.1 Å². The summed E-state index contributed by atoms with van der Waals surface area (Å²) < 4.78 is 34.7. The van der Waals surface area contributed by atoms with Crippen molar-refractivity contribution in [2.24, 2.45) is 11.8 Å². The zero-order valence-electron chi connectivity index (χ0n) is 29.4. The first-order chi connectivity index (χ1) is 24.3. The van der Waals surface area contributed by atoms with E-state index < -0.39 is 46.2 Å². The summed E-state index contributed by atoms with van der Waals surface area (Å²) in [5, 5.41) is 13.1. The molecule has 1 saturated carbocycles. The fraction of sp³-hybridized carbons (Fsp3) is 0.514. The van der Waals surface area contributed by atoms with Crippen molar-refractivity contribution in [3.63, 3.8) is 0 Å². The highest BCUT2D eigenvalue weighted by atomic mass is 32.2. The number of amides is 2. The van der Waals surface area contributed by atoms with Crippen LogP contribution in [-0.4, -0.2) is 85.1 Å². The number of carboxylic acid groups (broad SMARTS) is 1. The number of nitrogens with zero attached hydrogens (tertiary/aromatic N) is 4. The molecule has 3 aliphatic rings. The van der Waals surface area contributed by atoms with E-state index in [0.29, 0.717) is 37.1 Å². The quantitative estimate of drug-likeness (QED) is 0.261. The number of carbonyl (C=O) groups is 3. The van der Waals surface area contributed by atoms with Gasteiger partial charge in [0.2, 0.25) is 15.9 Å². The fourth-order valence-corrected chi connectivity index (χ4v) is 9.72. The number of aromatic nitrogens is 1. The molecule has 1 aromatic carbocycles. The van der Waals surface area contributed by atoms with Gasteiger partial charge in [0.1, 0.15) is 21.2 Å². The Morgan fingerprint density at radius 1 is 1.02 bits per heavy atom. The van der Waals surface area contributed by atoms with Crippen LogP contribution in [0.15, 0.2) is 59.6 Å². The molecule has 0 bridgehead atoms. The smallest absolute Gasteiger partial charge is 0.407 e. The van der Waals surface area contributed by atoms with Gasteiger partial charge >= 0.3 is 12.1 Å². The summed E-state index contributed by atoms with van der Waals surface area (Å²) in [4.78, 5) is 47.7. The van der Waals surface area contributed by atoms with Gasteiger partial charge in [0, 0.05) is 37.3 Å². The highest BCUT2D eigenvalue weighted by Gasteiger charge is 2.44. The molecule has 3 fully saturated rings. The van der Waals surface area contributed by atoms with Crippen molar-refractivity contribution in [2.75, 3.05) is 42.5 Å². The maximum Gasteiger partial charge on any atom is 0.407 e. The molecule has 2 amide bonds. The Hall–Kier alpha value is -4.01. The molecule has 6 rings (SSSR count). The number of carboxylic acids is 1. The Balaban J connectivity index is 1.17. The van der Waals surface area contributed by atoms with Crippen LogP contribution in [0.3, 0.4) is 0 Å². The van der Waals surface area contributed by atoms with E-state index in [2.05, 4.69) is 15.2 Å². The Morgan fingerprint density at radius 3 is 2.35 bits per heavy atom. The number of alkyl carbamates (subject to hydrolysis) is 1. The monoisotopic (exact) mass is 737 g/mol. The summed E-state index contributed by atoms with van der Waals surface area (Å²) in [7, 11) is -4.08. The molecule has 2 N–H and O–H groups in total. The number of benzene rings is 1. The van der Waals surface area contributed by atoms with Crippen molar-refractivity contribution in [1.29, 1.82) is 0 Å². The number of aromatic carboxylic acids is 1. The average Bonchev–Trinajstić information content (AvgIpc) is 3.56. The molecule has 274 valence electrons. The molecular weight excluding hydrogens is 691 g/mol. The molecule has 2 aliphatic heterocycles. The third kappa shape index (κ3) is 8.56. The molecule has 14 heteroatoms. The molecule has 4 heterocycles. The second kappa shape index (κ2) is 15.3. The number of anilines is 2. The lowest BCUT2D eigenvalue weighted by Crippen LogP contribution is -2.60. The number of piperidine rings is 1. The van der Waals surface area contributed by atoms with Crippen LogP contribution in [0.1, 0.15) is 75.4 Å². The molecule has 0 spiro atoms. The van der Waals surface area contributed by atoms with Crippen molar-refractivity contribution >= 4 is 50.8 Å². The van der Waals surface area contributed by atoms with Crippen LogP contribution in [0.5, 0.6) is 0 Å². The summed E-state index contributed by atoms with van der Waals surface area (Å²) in [6, 6.07) is 14.0. The van der Waals surface area contributed by atoms with Crippen LogP contribution >= 0.6 is 11.3 Å². The minimum Gasteiger partial charge on any atom is -0.477 e. The second-order valence-corrected chi connectivity index (χ2v) is 17.7. The molecule has 3 aromatic rings. The Kier molecular flexibility index (Phi) is 11.0.